The van der Waals surface area contributed by atoms with Gasteiger partial charge in [-0.05, 0) is 47.2 Å². The second-order valence-corrected chi connectivity index (χ2v) is 9.13. The molecule has 0 spiro atoms. The van der Waals surface area contributed by atoms with E-state index < -0.39 is 0 Å². The summed E-state index contributed by atoms with van der Waals surface area (Å²) in [6.07, 6.45) is 5.47. The molecular formula is C32H19N3O2. The van der Waals surface area contributed by atoms with Crippen LogP contribution in [0.3, 0.4) is 0 Å². The molecule has 0 unspecified atom stereocenters. The number of fused-ring (bicyclic) bond motifs is 7. The second kappa shape index (κ2) is 7.67. The highest BCUT2D eigenvalue weighted by atomic mass is 16.3. The summed E-state index contributed by atoms with van der Waals surface area (Å²) in [5, 5.41) is 6.42. The Labute approximate surface area is 211 Å². The third kappa shape index (κ3) is 3.04. The van der Waals surface area contributed by atoms with Crippen molar-refractivity contribution in [3.63, 3.8) is 0 Å². The lowest BCUT2D eigenvalue weighted by Gasteiger charge is -2.25. The van der Waals surface area contributed by atoms with Crippen LogP contribution in [0.25, 0.3) is 54.6 Å². The standard InChI is InChI=1S/C32H19N3O2/c1-2-7-21-16-22(13-12-20(21)6-1)35(26-9-5-11-28-32(26)24-14-15-33-19-30(24)37-28)31-17-29-25(18-34-31)23-8-3-4-10-27(23)36-29/h1-19H. The number of hydrogen-bond donors (Lipinski definition) is 0. The molecule has 4 heterocycles. The van der Waals surface area contributed by atoms with Gasteiger partial charge in [0.25, 0.3) is 0 Å². The highest BCUT2D eigenvalue weighted by Gasteiger charge is 2.21. The Morgan fingerprint density at radius 1 is 0.568 bits per heavy atom. The van der Waals surface area contributed by atoms with Crippen LogP contribution in [0.1, 0.15) is 0 Å². The van der Waals surface area contributed by atoms with Gasteiger partial charge in [0.15, 0.2) is 5.58 Å². The summed E-state index contributed by atoms with van der Waals surface area (Å²) in [5.41, 5.74) is 5.17. The lowest BCUT2D eigenvalue weighted by atomic mass is 10.1. The molecule has 8 aromatic rings. The van der Waals surface area contributed by atoms with E-state index in [1.165, 1.54) is 5.39 Å². The first kappa shape index (κ1) is 20.1. The van der Waals surface area contributed by atoms with Crippen molar-refractivity contribution in [3.8, 4) is 0 Å². The summed E-state index contributed by atoms with van der Waals surface area (Å²) < 4.78 is 12.4. The molecule has 0 aliphatic heterocycles. The van der Waals surface area contributed by atoms with Crippen LogP contribution in [-0.2, 0) is 0 Å². The van der Waals surface area contributed by atoms with Crippen molar-refractivity contribution in [3.05, 3.63) is 116 Å². The van der Waals surface area contributed by atoms with Gasteiger partial charge >= 0.3 is 0 Å². The highest BCUT2D eigenvalue weighted by molar-refractivity contribution is 6.13. The van der Waals surface area contributed by atoms with Gasteiger partial charge in [0.05, 0.1) is 17.3 Å². The predicted octanol–water partition coefficient (Wildman–Crippen LogP) is 8.90. The Balaban J connectivity index is 1.44. The number of pyridine rings is 2. The minimum atomic E-state index is 0.754. The van der Waals surface area contributed by atoms with Crippen LogP contribution in [0, 0.1) is 0 Å². The zero-order valence-corrected chi connectivity index (χ0v) is 19.6. The fourth-order valence-corrected chi connectivity index (χ4v) is 5.29. The molecule has 0 radical (unpaired) electrons. The van der Waals surface area contributed by atoms with Crippen LogP contribution in [-0.4, -0.2) is 9.97 Å². The summed E-state index contributed by atoms with van der Waals surface area (Å²) in [6, 6.07) is 33.1. The molecule has 4 aromatic carbocycles. The zero-order valence-electron chi connectivity index (χ0n) is 19.6. The summed E-state index contributed by atoms with van der Waals surface area (Å²) in [6.45, 7) is 0. The van der Waals surface area contributed by atoms with Gasteiger partial charge in [0.1, 0.15) is 22.6 Å². The predicted molar refractivity (Wildman–Crippen MR) is 149 cm³/mol. The van der Waals surface area contributed by atoms with E-state index in [4.69, 9.17) is 13.8 Å². The monoisotopic (exact) mass is 477 g/mol. The van der Waals surface area contributed by atoms with E-state index in [2.05, 4.69) is 64.5 Å². The number of para-hydroxylation sites is 1. The average Bonchev–Trinajstić information content (AvgIpc) is 3.51. The highest BCUT2D eigenvalue weighted by Crippen LogP contribution is 2.43. The van der Waals surface area contributed by atoms with Gasteiger partial charge in [-0.3, -0.25) is 9.88 Å². The molecule has 0 saturated heterocycles. The molecule has 0 fully saturated rings. The van der Waals surface area contributed by atoms with E-state index in [-0.39, 0.29) is 0 Å². The molecule has 37 heavy (non-hydrogen) atoms. The lowest BCUT2D eigenvalue weighted by Crippen LogP contribution is -2.11. The molecule has 0 aliphatic rings. The number of benzene rings is 4. The molecule has 5 nitrogen and oxygen atoms in total. The molecule has 0 N–H and O–H groups in total. The molecule has 0 atom stereocenters. The summed E-state index contributed by atoms with van der Waals surface area (Å²) >= 11 is 0. The van der Waals surface area contributed by atoms with Gasteiger partial charge in [-0.15, -0.1) is 0 Å². The normalized spacial score (nSPS) is 11.8. The number of nitrogens with zero attached hydrogens (tertiary/aromatic N) is 3. The summed E-state index contributed by atoms with van der Waals surface area (Å²) in [5.74, 6) is 0.762. The maximum absolute atomic E-state index is 6.23. The van der Waals surface area contributed by atoms with E-state index in [9.17, 15) is 0 Å². The van der Waals surface area contributed by atoms with E-state index in [0.717, 1.165) is 66.5 Å². The summed E-state index contributed by atoms with van der Waals surface area (Å²) in [4.78, 5) is 11.4. The third-order valence-electron chi connectivity index (χ3n) is 6.99. The van der Waals surface area contributed by atoms with Crippen molar-refractivity contribution in [2.24, 2.45) is 0 Å². The van der Waals surface area contributed by atoms with Crippen LogP contribution in [0.2, 0.25) is 0 Å². The van der Waals surface area contributed by atoms with E-state index in [0.29, 0.717) is 0 Å². The first-order valence-corrected chi connectivity index (χ1v) is 12.1. The van der Waals surface area contributed by atoms with Gasteiger partial charge in [0.2, 0.25) is 0 Å². The van der Waals surface area contributed by atoms with Crippen molar-refractivity contribution in [2.75, 3.05) is 4.90 Å². The van der Waals surface area contributed by atoms with Crippen LogP contribution in [0.15, 0.2) is 124 Å². The van der Waals surface area contributed by atoms with E-state index in [1.54, 1.807) is 12.4 Å². The number of anilines is 3. The van der Waals surface area contributed by atoms with Crippen molar-refractivity contribution in [1.82, 2.24) is 9.97 Å². The quantitative estimate of drug-likeness (QED) is 0.254. The van der Waals surface area contributed by atoms with Gasteiger partial charge < -0.3 is 8.83 Å². The Kier molecular flexibility index (Phi) is 4.16. The van der Waals surface area contributed by atoms with Crippen LogP contribution in [0.5, 0.6) is 0 Å². The fourth-order valence-electron chi connectivity index (χ4n) is 5.29. The molecule has 0 saturated carbocycles. The molecule has 0 amide bonds. The van der Waals surface area contributed by atoms with Crippen molar-refractivity contribution < 1.29 is 8.83 Å². The Morgan fingerprint density at radius 2 is 1.41 bits per heavy atom. The Hall–Kier alpha value is -5.16. The summed E-state index contributed by atoms with van der Waals surface area (Å²) in [7, 11) is 0. The zero-order chi connectivity index (χ0) is 24.3. The molecule has 4 aromatic heterocycles. The molecule has 0 aliphatic carbocycles. The topological polar surface area (TPSA) is 55.3 Å². The maximum atomic E-state index is 6.23. The van der Waals surface area contributed by atoms with Crippen LogP contribution in [0.4, 0.5) is 17.2 Å². The first-order valence-electron chi connectivity index (χ1n) is 12.1. The van der Waals surface area contributed by atoms with Crippen LogP contribution >= 0.6 is 0 Å². The average molecular weight is 478 g/mol. The molecule has 5 heteroatoms. The maximum Gasteiger partial charge on any atom is 0.153 e. The van der Waals surface area contributed by atoms with Crippen molar-refractivity contribution in [2.45, 2.75) is 0 Å². The Bertz CT molecular complexity index is 2120. The molecule has 8 rings (SSSR count). The smallest absolute Gasteiger partial charge is 0.153 e. The van der Waals surface area contributed by atoms with Crippen molar-refractivity contribution in [1.29, 1.82) is 0 Å². The Morgan fingerprint density at radius 3 is 2.38 bits per heavy atom. The van der Waals surface area contributed by atoms with Gasteiger partial charge in [-0.1, -0.05) is 54.6 Å². The molecule has 0 bridgehead atoms. The van der Waals surface area contributed by atoms with Gasteiger partial charge in [0, 0.05) is 40.3 Å². The number of aromatic nitrogens is 2. The first-order chi connectivity index (χ1) is 18.3. The number of hydrogen-bond acceptors (Lipinski definition) is 5. The minimum Gasteiger partial charge on any atom is -0.456 e. The van der Waals surface area contributed by atoms with E-state index >= 15 is 0 Å². The van der Waals surface area contributed by atoms with E-state index in [1.807, 2.05) is 48.7 Å². The van der Waals surface area contributed by atoms with Gasteiger partial charge in [-0.2, -0.15) is 0 Å². The largest absolute Gasteiger partial charge is 0.456 e. The molecular weight excluding hydrogens is 458 g/mol. The van der Waals surface area contributed by atoms with Crippen LogP contribution < -0.4 is 4.90 Å². The molecule has 174 valence electrons. The SMILES string of the molecule is c1ccc2cc(N(c3cc4oc5ccccc5c4cn3)c3cccc4oc5cnccc5c34)ccc2c1. The second-order valence-electron chi connectivity index (χ2n) is 9.13. The number of rotatable bonds is 3. The lowest BCUT2D eigenvalue weighted by molar-refractivity contribution is 0.667. The number of furan rings is 2. The van der Waals surface area contributed by atoms with Crippen molar-refractivity contribution >= 4 is 71.8 Å². The third-order valence-corrected chi connectivity index (χ3v) is 6.99. The van der Waals surface area contributed by atoms with Gasteiger partial charge in [-0.25, -0.2) is 4.98 Å². The minimum absolute atomic E-state index is 0.754. The fraction of sp³-hybridized carbons (Fsp3) is 0.